The summed E-state index contributed by atoms with van der Waals surface area (Å²) in [5.41, 5.74) is 0. The molecule has 0 amide bonds. The molecule has 0 aliphatic carbocycles. The van der Waals surface area contributed by atoms with Crippen molar-refractivity contribution in [3.63, 3.8) is 0 Å². The molecule has 1 rings (SSSR count). The van der Waals surface area contributed by atoms with Gasteiger partial charge in [0.2, 0.25) is 0 Å². The molecule has 18 heavy (non-hydrogen) atoms. The topological polar surface area (TPSA) is 21.7 Å². The van der Waals surface area contributed by atoms with Crippen molar-refractivity contribution < 1.29 is 9.47 Å². The Bertz CT molecular complexity index is 179. The summed E-state index contributed by atoms with van der Waals surface area (Å²) in [5.74, 6) is 0.954. The Morgan fingerprint density at radius 2 is 1.61 bits per heavy atom. The zero-order chi connectivity index (χ0) is 13.1. The SMILES string of the molecule is CCOCCCCC1CCN(CCOCC)CC1. The van der Waals surface area contributed by atoms with Crippen molar-refractivity contribution >= 4 is 0 Å². The largest absolute Gasteiger partial charge is 0.382 e. The van der Waals surface area contributed by atoms with Gasteiger partial charge in [-0.1, -0.05) is 12.8 Å². The van der Waals surface area contributed by atoms with E-state index in [1.54, 1.807) is 0 Å². The lowest BCUT2D eigenvalue weighted by molar-refractivity contribution is 0.0933. The quantitative estimate of drug-likeness (QED) is 0.562. The van der Waals surface area contributed by atoms with Gasteiger partial charge in [0.25, 0.3) is 0 Å². The maximum atomic E-state index is 5.41. The van der Waals surface area contributed by atoms with Gasteiger partial charge < -0.3 is 14.4 Å². The first-order valence-electron chi connectivity index (χ1n) is 7.74. The van der Waals surface area contributed by atoms with Gasteiger partial charge in [0.15, 0.2) is 0 Å². The number of hydrogen-bond donors (Lipinski definition) is 0. The molecule has 0 aromatic carbocycles. The molecule has 0 bridgehead atoms. The summed E-state index contributed by atoms with van der Waals surface area (Å²) in [6.07, 6.45) is 6.72. The van der Waals surface area contributed by atoms with Crippen LogP contribution in [-0.2, 0) is 9.47 Å². The highest BCUT2D eigenvalue weighted by Gasteiger charge is 2.18. The summed E-state index contributed by atoms with van der Waals surface area (Å²) in [7, 11) is 0. The highest BCUT2D eigenvalue weighted by molar-refractivity contribution is 4.72. The standard InChI is InChI=1S/C15H31NO2/c1-3-17-13-6-5-7-15-8-10-16(11-9-15)12-14-18-4-2/h15H,3-14H2,1-2H3. The van der Waals surface area contributed by atoms with E-state index in [1.165, 1.54) is 45.2 Å². The molecule has 1 fully saturated rings. The molecule has 0 spiro atoms. The van der Waals surface area contributed by atoms with E-state index in [0.29, 0.717) is 0 Å². The molecular weight excluding hydrogens is 226 g/mol. The van der Waals surface area contributed by atoms with Gasteiger partial charge in [-0.3, -0.25) is 0 Å². The summed E-state index contributed by atoms with van der Waals surface area (Å²) in [6.45, 7) is 11.3. The Kier molecular flexibility index (Phi) is 9.54. The summed E-state index contributed by atoms with van der Waals surface area (Å²) < 4.78 is 10.8. The van der Waals surface area contributed by atoms with Gasteiger partial charge in [0, 0.05) is 26.4 Å². The third-order valence-corrected chi connectivity index (χ3v) is 3.82. The number of likely N-dealkylation sites (tertiary alicyclic amines) is 1. The van der Waals surface area contributed by atoms with Crippen LogP contribution in [-0.4, -0.2) is 51.0 Å². The van der Waals surface area contributed by atoms with E-state index in [2.05, 4.69) is 18.7 Å². The summed E-state index contributed by atoms with van der Waals surface area (Å²) in [5, 5.41) is 0. The first-order valence-corrected chi connectivity index (χ1v) is 7.74. The third-order valence-electron chi connectivity index (χ3n) is 3.82. The number of unbranched alkanes of at least 4 members (excludes halogenated alkanes) is 1. The van der Waals surface area contributed by atoms with E-state index >= 15 is 0 Å². The van der Waals surface area contributed by atoms with E-state index in [1.807, 2.05) is 0 Å². The molecule has 0 atom stereocenters. The van der Waals surface area contributed by atoms with Crippen molar-refractivity contribution in [2.75, 3.05) is 46.1 Å². The lowest BCUT2D eigenvalue weighted by Crippen LogP contribution is -2.36. The van der Waals surface area contributed by atoms with Crippen LogP contribution in [0.4, 0.5) is 0 Å². The summed E-state index contributed by atoms with van der Waals surface area (Å²) in [6, 6.07) is 0. The highest BCUT2D eigenvalue weighted by Crippen LogP contribution is 2.22. The minimum atomic E-state index is 0.844. The molecular formula is C15H31NO2. The van der Waals surface area contributed by atoms with Gasteiger partial charge in [0.05, 0.1) is 6.61 Å². The monoisotopic (exact) mass is 257 g/mol. The van der Waals surface area contributed by atoms with Crippen molar-refractivity contribution in [1.82, 2.24) is 4.90 Å². The fourth-order valence-corrected chi connectivity index (χ4v) is 2.62. The Hall–Kier alpha value is -0.120. The van der Waals surface area contributed by atoms with Gasteiger partial charge >= 0.3 is 0 Å². The van der Waals surface area contributed by atoms with Gasteiger partial charge in [-0.25, -0.2) is 0 Å². The van der Waals surface area contributed by atoms with Crippen LogP contribution in [0.5, 0.6) is 0 Å². The second kappa shape index (κ2) is 10.8. The average Bonchev–Trinajstić information content (AvgIpc) is 2.40. The van der Waals surface area contributed by atoms with E-state index in [-0.39, 0.29) is 0 Å². The summed E-state index contributed by atoms with van der Waals surface area (Å²) in [4.78, 5) is 2.55. The molecule has 3 heteroatoms. The maximum absolute atomic E-state index is 5.41. The van der Waals surface area contributed by atoms with Gasteiger partial charge in [-0.15, -0.1) is 0 Å². The minimum absolute atomic E-state index is 0.844. The summed E-state index contributed by atoms with van der Waals surface area (Å²) >= 11 is 0. The fraction of sp³-hybridized carbons (Fsp3) is 1.00. The van der Waals surface area contributed by atoms with Crippen LogP contribution in [0, 0.1) is 5.92 Å². The van der Waals surface area contributed by atoms with Crippen molar-refractivity contribution in [2.45, 2.75) is 46.0 Å². The minimum Gasteiger partial charge on any atom is -0.382 e. The zero-order valence-corrected chi connectivity index (χ0v) is 12.3. The molecule has 3 nitrogen and oxygen atoms in total. The van der Waals surface area contributed by atoms with Crippen LogP contribution >= 0.6 is 0 Å². The van der Waals surface area contributed by atoms with E-state index < -0.39 is 0 Å². The van der Waals surface area contributed by atoms with Crippen LogP contribution in [0.15, 0.2) is 0 Å². The van der Waals surface area contributed by atoms with Crippen LogP contribution in [0.2, 0.25) is 0 Å². The van der Waals surface area contributed by atoms with Crippen molar-refractivity contribution in [3.8, 4) is 0 Å². The van der Waals surface area contributed by atoms with E-state index in [4.69, 9.17) is 9.47 Å². The highest BCUT2D eigenvalue weighted by atomic mass is 16.5. The first kappa shape index (κ1) is 15.9. The Balaban J connectivity index is 1.94. The molecule has 0 aromatic heterocycles. The van der Waals surface area contributed by atoms with Crippen molar-refractivity contribution in [3.05, 3.63) is 0 Å². The second-order valence-electron chi connectivity index (χ2n) is 5.17. The van der Waals surface area contributed by atoms with Gasteiger partial charge in [-0.05, 0) is 52.1 Å². The first-order chi connectivity index (χ1) is 8.86. The molecule has 0 N–H and O–H groups in total. The van der Waals surface area contributed by atoms with Crippen molar-refractivity contribution in [1.29, 1.82) is 0 Å². The smallest absolute Gasteiger partial charge is 0.0593 e. The molecule has 1 aliphatic rings. The number of rotatable bonds is 10. The number of piperidine rings is 1. The van der Waals surface area contributed by atoms with Crippen LogP contribution in [0.1, 0.15) is 46.0 Å². The van der Waals surface area contributed by atoms with Crippen LogP contribution < -0.4 is 0 Å². The molecule has 0 unspecified atom stereocenters. The van der Waals surface area contributed by atoms with Crippen molar-refractivity contribution in [2.24, 2.45) is 5.92 Å². The molecule has 108 valence electrons. The predicted octanol–water partition coefficient (Wildman–Crippen LogP) is 2.94. The average molecular weight is 257 g/mol. The van der Waals surface area contributed by atoms with E-state index in [0.717, 1.165) is 38.9 Å². The Morgan fingerprint density at radius 3 is 2.28 bits per heavy atom. The number of hydrogen-bond acceptors (Lipinski definition) is 3. The Morgan fingerprint density at radius 1 is 0.944 bits per heavy atom. The lowest BCUT2D eigenvalue weighted by atomic mass is 9.91. The fourth-order valence-electron chi connectivity index (χ4n) is 2.62. The molecule has 0 radical (unpaired) electrons. The zero-order valence-electron chi connectivity index (χ0n) is 12.3. The third kappa shape index (κ3) is 7.34. The number of nitrogens with zero attached hydrogens (tertiary/aromatic N) is 1. The maximum Gasteiger partial charge on any atom is 0.0593 e. The number of ether oxygens (including phenoxy) is 2. The van der Waals surface area contributed by atoms with E-state index in [9.17, 15) is 0 Å². The molecule has 1 heterocycles. The second-order valence-corrected chi connectivity index (χ2v) is 5.17. The molecule has 1 aliphatic heterocycles. The molecule has 0 saturated carbocycles. The predicted molar refractivity (Wildman–Crippen MR) is 76.0 cm³/mol. The van der Waals surface area contributed by atoms with Crippen LogP contribution in [0.25, 0.3) is 0 Å². The Labute approximate surface area is 113 Å². The van der Waals surface area contributed by atoms with Crippen LogP contribution in [0.3, 0.4) is 0 Å². The molecule has 1 saturated heterocycles. The van der Waals surface area contributed by atoms with Gasteiger partial charge in [0.1, 0.15) is 0 Å². The lowest BCUT2D eigenvalue weighted by Gasteiger charge is -2.31. The molecule has 0 aromatic rings. The normalized spacial score (nSPS) is 18.3. The van der Waals surface area contributed by atoms with Gasteiger partial charge in [-0.2, -0.15) is 0 Å².